The van der Waals surface area contributed by atoms with E-state index in [1.165, 1.54) is 0 Å². The summed E-state index contributed by atoms with van der Waals surface area (Å²) in [4.78, 5) is 47.0. The van der Waals surface area contributed by atoms with Crippen molar-refractivity contribution in [2.24, 2.45) is 0 Å². The quantitative estimate of drug-likeness (QED) is 0.747. The number of aromatic nitrogens is 3. The summed E-state index contributed by atoms with van der Waals surface area (Å²) in [5.74, 6) is 1.18. The molecule has 3 amide bonds. The summed E-state index contributed by atoms with van der Waals surface area (Å²) < 4.78 is 5.35. The molecule has 9 nitrogen and oxygen atoms in total. The van der Waals surface area contributed by atoms with Gasteiger partial charge in [-0.3, -0.25) is 24.3 Å². The van der Waals surface area contributed by atoms with Gasteiger partial charge in [0.2, 0.25) is 11.8 Å². The van der Waals surface area contributed by atoms with Crippen molar-refractivity contribution < 1.29 is 18.9 Å². The number of carbonyl (C=O) groups is 3. The molecule has 2 aromatic rings. The Bertz CT molecular complexity index is 863. The second-order valence-corrected chi connectivity index (χ2v) is 7.63. The lowest BCUT2D eigenvalue weighted by Crippen LogP contribution is -2.40. The van der Waals surface area contributed by atoms with Crippen LogP contribution < -0.4 is 0 Å². The van der Waals surface area contributed by atoms with Crippen LogP contribution >= 0.6 is 11.8 Å². The highest BCUT2D eigenvalue weighted by Crippen LogP contribution is 2.28. The predicted molar refractivity (Wildman–Crippen MR) is 100 cm³/mol. The molecule has 0 aliphatic carbocycles. The normalized spacial score (nSPS) is 18.1. The van der Waals surface area contributed by atoms with Gasteiger partial charge in [-0.15, -0.1) is 0 Å². The third-order valence-electron chi connectivity index (χ3n) is 4.97. The van der Waals surface area contributed by atoms with Crippen LogP contribution in [0.25, 0.3) is 11.5 Å². The molecule has 2 saturated heterocycles. The zero-order valence-corrected chi connectivity index (χ0v) is 15.9. The van der Waals surface area contributed by atoms with E-state index in [2.05, 4.69) is 15.1 Å². The topological polar surface area (TPSA) is 110 Å². The Balaban J connectivity index is 1.29. The first-order valence-corrected chi connectivity index (χ1v) is 10.1. The van der Waals surface area contributed by atoms with Gasteiger partial charge in [0.25, 0.3) is 11.1 Å². The Labute approximate surface area is 165 Å². The van der Waals surface area contributed by atoms with Gasteiger partial charge in [0.1, 0.15) is 0 Å². The predicted octanol–water partition coefficient (Wildman–Crippen LogP) is 1.92. The molecule has 28 heavy (non-hydrogen) atoms. The van der Waals surface area contributed by atoms with E-state index in [-0.39, 0.29) is 41.7 Å². The van der Waals surface area contributed by atoms with Gasteiger partial charge in [0.05, 0.1) is 5.75 Å². The number of hydrogen-bond donors (Lipinski definition) is 0. The summed E-state index contributed by atoms with van der Waals surface area (Å²) in [6.07, 6.45) is 5.00. The maximum absolute atomic E-state index is 12.4. The fourth-order valence-corrected chi connectivity index (χ4v) is 4.11. The average Bonchev–Trinajstić information content (AvgIpc) is 3.34. The number of pyridine rings is 1. The summed E-state index contributed by atoms with van der Waals surface area (Å²) in [6.45, 7) is 1.35. The van der Waals surface area contributed by atoms with Gasteiger partial charge in [-0.25, -0.2) is 0 Å². The molecule has 0 saturated carbocycles. The van der Waals surface area contributed by atoms with Crippen molar-refractivity contribution in [2.45, 2.75) is 25.2 Å². The Hall–Kier alpha value is -2.75. The molecule has 0 radical (unpaired) electrons. The van der Waals surface area contributed by atoms with Crippen LogP contribution in [0.4, 0.5) is 4.79 Å². The van der Waals surface area contributed by atoms with Gasteiger partial charge in [-0.2, -0.15) is 4.98 Å². The third kappa shape index (κ3) is 3.91. The number of imide groups is 1. The molecule has 4 rings (SSSR count). The lowest BCUT2D eigenvalue weighted by molar-refractivity contribution is -0.133. The second kappa shape index (κ2) is 8.09. The van der Waals surface area contributed by atoms with Crippen molar-refractivity contribution in [3.63, 3.8) is 0 Å². The molecule has 0 atom stereocenters. The molecule has 2 aromatic heterocycles. The second-order valence-electron chi connectivity index (χ2n) is 6.70. The molecule has 146 valence electrons. The SMILES string of the molecule is O=C(CCN1C(=O)CSC1=O)N1CCC(c2noc(-c3ccncc3)n2)CC1. The van der Waals surface area contributed by atoms with Gasteiger partial charge in [0, 0.05) is 49.9 Å². The van der Waals surface area contributed by atoms with Gasteiger partial charge in [0.15, 0.2) is 5.82 Å². The Morgan fingerprint density at radius 3 is 2.64 bits per heavy atom. The first-order chi connectivity index (χ1) is 13.6. The molecular weight excluding hydrogens is 382 g/mol. The summed E-state index contributed by atoms with van der Waals surface area (Å²) >= 11 is 0.985. The van der Waals surface area contributed by atoms with Crippen LogP contribution in [0.5, 0.6) is 0 Å². The molecule has 0 bridgehead atoms. The molecule has 2 aliphatic heterocycles. The zero-order valence-electron chi connectivity index (χ0n) is 15.1. The van der Waals surface area contributed by atoms with E-state index in [1.807, 2.05) is 12.1 Å². The van der Waals surface area contributed by atoms with Gasteiger partial charge >= 0.3 is 0 Å². The van der Waals surface area contributed by atoms with Crippen LogP contribution in [-0.2, 0) is 9.59 Å². The zero-order chi connectivity index (χ0) is 19.5. The van der Waals surface area contributed by atoms with Crippen LogP contribution in [0.1, 0.15) is 31.0 Å². The van der Waals surface area contributed by atoms with Crippen LogP contribution in [0.2, 0.25) is 0 Å². The summed E-state index contributed by atoms with van der Waals surface area (Å²) in [7, 11) is 0. The highest BCUT2D eigenvalue weighted by atomic mass is 32.2. The van der Waals surface area contributed by atoms with Gasteiger partial charge < -0.3 is 9.42 Å². The number of rotatable bonds is 5. The number of nitrogens with zero attached hydrogens (tertiary/aromatic N) is 5. The first kappa shape index (κ1) is 18.6. The maximum atomic E-state index is 12.4. The monoisotopic (exact) mass is 401 g/mol. The van der Waals surface area contributed by atoms with Crippen LogP contribution in [-0.4, -0.2) is 67.4 Å². The molecular formula is C18H19N5O4S. The highest BCUT2D eigenvalue weighted by molar-refractivity contribution is 8.14. The number of amides is 3. The van der Waals surface area contributed by atoms with E-state index in [9.17, 15) is 14.4 Å². The molecule has 0 N–H and O–H groups in total. The maximum Gasteiger partial charge on any atom is 0.288 e. The Kier molecular flexibility index (Phi) is 5.38. The van der Waals surface area contributed by atoms with Crippen molar-refractivity contribution in [1.29, 1.82) is 0 Å². The molecule has 0 aromatic carbocycles. The van der Waals surface area contributed by atoms with E-state index in [0.717, 1.165) is 35.1 Å². The Morgan fingerprint density at radius 2 is 1.96 bits per heavy atom. The van der Waals surface area contributed by atoms with Gasteiger partial charge in [-0.1, -0.05) is 16.9 Å². The van der Waals surface area contributed by atoms with Crippen molar-refractivity contribution in [1.82, 2.24) is 24.9 Å². The average molecular weight is 401 g/mol. The number of piperidine rings is 1. The van der Waals surface area contributed by atoms with E-state index in [1.54, 1.807) is 17.3 Å². The van der Waals surface area contributed by atoms with Crippen molar-refractivity contribution >= 4 is 28.8 Å². The van der Waals surface area contributed by atoms with Gasteiger partial charge in [-0.05, 0) is 25.0 Å². The molecule has 0 unspecified atom stereocenters. The smallest absolute Gasteiger partial charge is 0.288 e. The highest BCUT2D eigenvalue weighted by Gasteiger charge is 2.31. The van der Waals surface area contributed by atoms with Crippen molar-refractivity contribution in [3.05, 3.63) is 30.4 Å². The first-order valence-electron chi connectivity index (χ1n) is 9.10. The fraction of sp³-hybridized carbons (Fsp3) is 0.444. The molecule has 4 heterocycles. The summed E-state index contributed by atoms with van der Waals surface area (Å²) in [6, 6.07) is 3.62. The van der Waals surface area contributed by atoms with Crippen molar-refractivity contribution in [2.75, 3.05) is 25.4 Å². The number of thioether (sulfide) groups is 1. The largest absolute Gasteiger partial charge is 0.343 e. The molecule has 0 spiro atoms. The van der Waals surface area contributed by atoms with Crippen LogP contribution in [0, 0.1) is 0 Å². The lowest BCUT2D eigenvalue weighted by Gasteiger charge is -2.31. The van der Waals surface area contributed by atoms with E-state index in [4.69, 9.17) is 4.52 Å². The third-order valence-corrected chi connectivity index (χ3v) is 5.83. The number of likely N-dealkylation sites (tertiary alicyclic amines) is 1. The minimum absolute atomic E-state index is 0.0402. The van der Waals surface area contributed by atoms with E-state index in [0.29, 0.717) is 24.8 Å². The fourth-order valence-electron chi connectivity index (χ4n) is 3.36. The molecule has 2 aliphatic rings. The van der Waals surface area contributed by atoms with Crippen LogP contribution in [0.15, 0.2) is 29.0 Å². The van der Waals surface area contributed by atoms with Crippen molar-refractivity contribution in [3.8, 4) is 11.5 Å². The molecule has 2 fully saturated rings. The number of carbonyl (C=O) groups excluding carboxylic acids is 3. The summed E-state index contributed by atoms with van der Waals surface area (Å²) in [5.41, 5.74) is 0.825. The van der Waals surface area contributed by atoms with Crippen LogP contribution in [0.3, 0.4) is 0 Å². The van der Waals surface area contributed by atoms with E-state index >= 15 is 0 Å². The lowest BCUT2D eigenvalue weighted by atomic mass is 9.96. The van der Waals surface area contributed by atoms with E-state index < -0.39 is 0 Å². The number of hydrogen-bond acceptors (Lipinski definition) is 8. The molecule has 10 heteroatoms. The Morgan fingerprint density at radius 1 is 1.21 bits per heavy atom. The minimum Gasteiger partial charge on any atom is -0.343 e. The standard InChI is InChI=1S/C18H19N5O4S/c24-14(5-10-23-15(25)11-28-18(23)26)22-8-3-12(4-9-22)16-20-17(27-21-16)13-1-6-19-7-2-13/h1-2,6-7,12H,3-5,8-11H2. The minimum atomic E-state index is -0.265. The summed E-state index contributed by atoms with van der Waals surface area (Å²) in [5, 5.41) is 3.83.